The molecule has 4 aromatic rings. The fourth-order valence-corrected chi connectivity index (χ4v) is 4.10. The first-order chi connectivity index (χ1) is 13.6. The van der Waals surface area contributed by atoms with Crippen molar-refractivity contribution in [3.63, 3.8) is 0 Å². The van der Waals surface area contributed by atoms with E-state index in [1.165, 1.54) is 35.6 Å². The Morgan fingerprint density at radius 1 is 0.964 bits per heavy atom. The standard InChI is InChI=1S/C20H14FN3O2S2/c21-14-4-6-15(7-5-14)23-20-24(16(12-28-20)19-2-1-9-27-19)22-11-13-3-8-17(25)18(26)10-13/h1-12,25-26H. The fourth-order valence-electron chi connectivity index (χ4n) is 2.45. The van der Waals surface area contributed by atoms with Crippen LogP contribution in [0.1, 0.15) is 5.56 Å². The molecule has 8 heteroatoms. The number of halogens is 1. The minimum Gasteiger partial charge on any atom is -0.504 e. The average Bonchev–Trinajstić information content (AvgIpc) is 3.34. The first-order valence-corrected chi connectivity index (χ1v) is 9.97. The van der Waals surface area contributed by atoms with E-state index >= 15 is 0 Å². The van der Waals surface area contributed by atoms with Crippen LogP contribution in [0.4, 0.5) is 10.1 Å². The topological polar surface area (TPSA) is 70.1 Å². The zero-order chi connectivity index (χ0) is 19.5. The number of benzene rings is 2. The molecule has 0 saturated heterocycles. The van der Waals surface area contributed by atoms with Crippen molar-refractivity contribution in [3.8, 4) is 22.1 Å². The van der Waals surface area contributed by atoms with Gasteiger partial charge in [0.2, 0.25) is 4.80 Å². The SMILES string of the molecule is Oc1ccc(C=Nn2c(-c3cccs3)csc2=Nc2ccc(F)cc2)cc1O. The molecule has 140 valence electrons. The summed E-state index contributed by atoms with van der Waals surface area (Å²) in [6.07, 6.45) is 1.58. The Balaban J connectivity index is 1.80. The summed E-state index contributed by atoms with van der Waals surface area (Å²) in [5.41, 5.74) is 2.12. The lowest BCUT2D eigenvalue weighted by Gasteiger charge is -2.02. The van der Waals surface area contributed by atoms with Gasteiger partial charge in [-0.25, -0.2) is 14.1 Å². The summed E-state index contributed by atoms with van der Waals surface area (Å²) >= 11 is 3.01. The highest BCUT2D eigenvalue weighted by Gasteiger charge is 2.09. The van der Waals surface area contributed by atoms with Crippen molar-refractivity contribution >= 4 is 34.6 Å². The van der Waals surface area contributed by atoms with Gasteiger partial charge in [0.05, 0.1) is 22.5 Å². The molecule has 0 spiro atoms. The molecule has 0 fully saturated rings. The van der Waals surface area contributed by atoms with Crippen LogP contribution in [0.2, 0.25) is 0 Å². The molecule has 0 bridgehead atoms. The fraction of sp³-hybridized carbons (Fsp3) is 0. The summed E-state index contributed by atoms with van der Waals surface area (Å²) < 4.78 is 14.9. The molecule has 2 aromatic heterocycles. The van der Waals surface area contributed by atoms with Gasteiger partial charge in [-0.1, -0.05) is 6.07 Å². The predicted octanol–water partition coefficient (Wildman–Crippen LogP) is 4.94. The van der Waals surface area contributed by atoms with Gasteiger partial charge in [0.1, 0.15) is 5.82 Å². The van der Waals surface area contributed by atoms with Gasteiger partial charge in [0, 0.05) is 5.38 Å². The Labute approximate surface area is 167 Å². The summed E-state index contributed by atoms with van der Waals surface area (Å²) in [4.78, 5) is 6.22. The van der Waals surface area contributed by atoms with E-state index in [-0.39, 0.29) is 17.3 Å². The minimum absolute atomic E-state index is 0.188. The summed E-state index contributed by atoms with van der Waals surface area (Å²) in [5.74, 6) is -0.719. The van der Waals surface area contributed by atoms with Crippen molar-refractivity contribution in [1.82, 2.24) is 4.68 Å². The van der Waals surface area contributed by atoms with Gasteiger partial charge in [-0.2, -0.15) is 5.10 Å². The Morgan fingerprint density at radius 2 is 1.79 bits per heavy atom. The van der Waals surface area contributed by atoms with Crippen LogP contribution in [0.5, 0.6) is 11.5 Å². The third kappa shape index (κ3) is 3.88. The molecule has 2 aromatic carbocycles. The normalized spacial score (nSPS) is 12.1. The number of phenolic OH excluding ortho intramolecular Hbond substituents is 2. The Bertz CT molecular complexity index is 1190. The van der Waals surface area contributed by atoms with Crippen LogP contribution >= 0.6 is 22.7 Å². The Morgan fingerprint density at radius 3 is 2.50 bits per heavy atom. The molecule has 0 saturated carbocycles. The Hall–Kier alpha value is -3.23. The number of thiazole rings is 1. The second-order valence-corrected chi connectivity index (χ2v) is 7.56. The average molecular weight is 411 g/mol. The molecule has 0 aliphatic heterocycles. The molecule has 0 unspecified atom stereocenters. The van der Waals surface area contributed by atoms with E-state index in [1.807, 2.05) is 22.9 Å². The van der Waals surface area contributed by atoms with Crippen molar-refractivity contribution in [1.29, 1.82) is 0 Å². The third-order valence-corrected chi connectivity index (χ3v) is 5.54. The maximum Gasteiger partial charge on any atom is 0.211 e. The first-order valence-electron chi connectivity index (χ1n) is 8.21. The van der Waals surface area contributed by atoms with Crippen LogP contribution in [0.15, 0.2) is 75.5 Å². The second kappa shape index (κ2) is 7.79. The van der Waals surface area contributed by atoms with Gasteiger partial charge in [0.15, 0.2) is 11.5 Å². The van der Waals surface area contributed by atoms with Gasteiger partial charge in [0.25, 0.3) is 0 Å². The van der Waals surface area contributed by atoms with Gasteiger partial charge >= 0.3 is 0 Å². The molecule has 5 nitrogen and oxygen atoms in total. The van der Waals surface area contributed by atoms with Crippen molar-refractivity contribution < 1.29 is 14.6 Å². The van der Waals surface area contributed by atoms with E-state index in [9.17, 15) is 14.6 Å². The maximum absolute atomic E-state index is 13.2. The summed E-state index contributed by atoms with van der Waals surface area (Å²) in [6, 6.07) is 14.4. The lowest BCUT2D eigenvalue weighted by atomic mass is 10.2. The number of thiophene rings is 1. The molecule has 2 heterocycles. The van der Waals surface area contributed by atoms with Gasteiger partial charge in [-0.05, 0) is 59.5 Å². The van der Waals surface area contributed by atoms with E-state index in [0.29, 0.717) is 16.1 Å². The maximum atomic E-state index is 13.2. The Kier molecular flexibility index (Phi) is 5.05. The van der Waals surface area contributed by atoms with Crippen LogP contribution in [0.25, 0.3) is 10.6 Å². The van der Waals surface area contributed by atoms with Crippen molar-refractivity contribution in [2.75, 3.05) is 0 Å². The van der Waals surface area contributed by atoms with E-state index in [0.717, 1.165) is 10.6 Å². The lowest BCUT2D eigenvalue weighted by Crippen LogP contribution is -2.11. The number of hydrogen-bond acceptors (Lipinski definition) is 6. The van der Waals surface area contributed by atoms with Gasteiger partial charge in [-0.3, -0.25) is 0 Å². The third-order valence-electron chi connectivity index (χ3n) is 3.83. The number of rotatable bonds is 4. The molecule has 0 atom stereocenters. The summed E-state index contributed by atoms with van der Waals surface area (Å²) in [5, 5.41) is 27.6. The smallest absolute Gasteiger partial charge is 0.211 e. The van der Waals surface area contributed by atoms with Gasteiger partial charge < -0.3 is 10.2 Å². The second-order valence-electron chi connectivity index (χ2n) is 5.77. The highest BCUT2D eigenvalue weighted by Crippen LogP contribution is 2.26. The largest absolute Gasteiger partial charge is 0.504 e. The molecule has 28 heavy (non-hydrogen) atoms. The van der Waals surface area contributed by atoms with E-state index in [1.54, 1.807) is 40.4 Å². The van der Waals surface area contributed by atoms with Gasteiger partial charge in [-0.15, -0.1) is 22.7 Å². The van der Waals surface area contributed by atoms with Crippen molar-refractivity contribution in [2.24, 2.45) is 10.1 Å². The van der Waals surface area contributed by atoms with E-state index in [4.69, 9.17) is 0 Å². The highest BCUT2D eigenvalue weighted by atomic mass is 32.1. The molecule has 2 N–H and O–H groups in total. The molecule has 4 rings (SSSR count). The quantitative estimate of drug-likeness (QED) is 0.369. The number of nitrogens with zero attached hydrogens (tertiary/aromatic N) is 3. The zero-order valence-electron chi connectivity index (χ0n) is 14.4. The zero-order valence-corrected chi connectivity index (χ0v) is 16.0. The number of phenols is 2. The lowest BCUT2D eigenvalue weighted by molar-refractivity contribution is 0.403. The predicted molar refractivity (Wildman–Crippen MR) is 110 cm³/mol. The molecule has 0 aliphatic rings. The van der Waals surface area contributed by atoms with Crippen LogP contribution in [0.3, 0.4) is 0 Å². The van der Waals surface area contributed by atoms with Crippen LogP contribution < -0.4 is 4.80 Å². The van der Waals surface area contributed by atoms with Crippen molar-refractivity contribution in [3.05, 3.63) is 81.5 Å². The van der Waals surface area contributed by atoms with E-state index < -0.39 is 0 Å². The molecular weight excluding hydrogens is 397 g/mol. The number of aromatic hydroxyl groups is 2. The minimum atomic E-state index is -0.317. The number of hydrogen-bond donors (Lipinski definition) is 2. The molecule has 0 radical (unpaired) electrons. The molecular formula is C20H14FN3O2S2. The van der Waals surface area contributed by atoms with Crippen LogP contribution in [-0.2, 0) is 0 Å². The molecule has 0 amide bonds. The number of aromatic nitrogens is 1. The van der Waals surface area contributed by atoms with Crippen molar-refractivity contribution in [2.45, 2.75) is 0 Å². The monoisotopic (exact) mass is 411 g/mol. The van der Waals surface area contributed by atoms with Crippen LogP contribution in [0, 0.1) is 5.82 Å². The first kappa shape index (κ1) is 18.1. The summed E-state index contributed by atoms with van der Waals surface area (Å²) in [6.45, 7) is 0. The molecule has 0 aliphatic carbocycles. The van der Waals surface area contributed by atoms with E-state index in [2.05, 4.69) is 10.1 Å². The summed E-state index contributed by atoms with van der Waals surface area (Å²) in [7, 11) is 0. The highest BCUT2D eigenvalue weighted by molar-refractivity contribution is 7.14. The van der Waals surface area contributed by atoms with Crippen LogP contribution in [-0.4, -0.2) is 21.1 Å².